The summed E-state index contributed by atoms with van der Waals surface area (Å²) in [5.41, 5.74) is 0.751. The number of benzene rings is 1. The summed E-state index contributed by atoms with van der Waals surface area (Å²) in [5.74, 6) is 0. The quantitative estimate of drug-likeness (QED) is 0.773. The predicted molar refractivity (Wildman–Crippen MR) is 86.5 cm³/mol. The van der Waals surface area contributed by atoms with E-state index in [1.807, 2.05) is 6.07 Å². The van der Waals surface area contributed by atoms with Crippen molar-refractivity contribution in [3.63, 3.8) is 0 Å². The molecule has 0 radical (unpaired) electrons. The van der Waals surface area contributed by atoms with Crippen molar-refractivity contribution in [1.29, 1.82) is 0 Å². The van der Waals surface area contributed by atoms with Crippen LogP contribution in [-0.4, -0.2) is 39.5 Å². The maximum atomic E-state index is 12.3. The number of halogens is 1. The Balaban J connectivity index is 2.68. The average molecular weight is 363 g/mol. The van der Waals surface area contributed by atoms with Crippen LogP contribution in [0.2, 0.25) is 0 Å². The Kier molecular flexibility index (Phi) is 7.15. The fourth-order valence-electron chi connectivity index (χ4n) is 2.02. The number of likely N-dealkylation sites (N-methyl/N-ethyl adjacent to an activating group) is 1. The minimum Gasteiger partial charge on any atom is -0.302 e. The molecule has 0 saturated heterocycles. The van der Waals surface area contributed by atoms with Gasteiger partial charge in [0.15, 0.2) is 0 Å². The number of hydrogen-bond acceptors (Lipinski definition) is 3. The molecule has 1 aromatic carbocycles. The van der Waals surface area contributed by atoms with Crippen molar-refractivity contribution >= 4 is 26.0 Å². The highest BCUT2D eigenvalue weighted by Crippen LogP contribution is 2.20. The van der Waals surface area contributed by atoms with E-state index in [0.29, 0.717) is 11.4 Å². The minimum atomic E-state index is -3.44. The van der Waals surface area contributed by atoms with Gasteiger partial charge >= 0.3 is 0 Å². The molecular formula is C14H23BrN2O2S. The van der Waals surface area contributed by atoms with E-state index in [1.165, 1.54) is 0 Å². The van der Waals surface area contributed by atoms with Gasteiger partial charge < -0.3 is 4.90 Å². The molecule has 0 aliphatic rings. The van der Waals surface area contributed by atoms with Gasteiger partial charge in [-0.05, 0) is 44.1 Å². The minimum absolute atomic E-state index is 0.338. The third kappa shape index (κ3) is 5.16. The van der Waals surface area contributed by atoms with Crippen LogP contribution in [0.3, 0.4) is 0 Å². The summed E-state index contributed by atoms with van der Waals surface area (Å²) >= 11 is 3.31. The summed E-state index contributed by atoms with van der Waals surface area (Å²) in [6.45, 7) is 9.11. The van der Waals surface area contributed by atoms with Gasteiger partial charge in [-0.3, -0.25) is 0 Å². The lowest BCUT2D eigenvalue weighted by Crippen LogP contribution is -2.35. The third-order valence-electron chi connectivity index (χ3n) is 3.15. The van der Waals surface area contributed by atoms with Crippen LogP contribution in [0.15, 0.2) is 27.6 Å². The van der Waals surface area contributed by atoms with Crippen molar-refractivity contribution in [3.8, 4) is 0 Å². The first kappa shape index (κ1) is 17.6. The molecule has 1 aromatic rings. The van der Waals surface area contributed by atoms with Crippen molar-refractivity contribution in [1.82, 2.24) is 9.62 Å². The van der Waals surface area contributed by atoms with Gasteiger partial charge in [-0.15, -0.1) is 0 Å². The first-order valence-corrected chi connectivity index (χ1v) is 9.16. The molecule has 0 amide bonds. The van der Waals surface area contributed by atoms with Gasteiger partial charge in [-0.25, -0.2) is 13.1 Å². The molecule has 4 nitrogen and oxygen atoms in total. The summed E-state index contributed by atoms with van der Waals surface area (Å²) in [6, 6.07) is 5.28. The Labute approximate surface area is 130 Å². The van der Waals surface area contributed by atoms with E-state index in [1.54, 1.807) is 19.1 Å². The Bertz CT molecular complexity index is 532. The van der Waals surface area contributed by atoms with Gasteiger partial charge in [-0.1, -0.05) is 35.8 Å². The van der Waals surface area contributed by atoms with Crippen LogP contribution in [-0.2, 0) is 10.0 Å². The van der Waals surface area contributed by atoms with E-state index < -0.39 is 10.0 Å². The highest BCUT2D eigenvalue weighted by atomic mass is 79.9. The largest absolute Gasteiger partial charge is 0.302 e. The number of nitrogens with zero attached hydrogens (tertiary/aromatic N) is 1. The van der Waals surface area contributed by atoms with Crippen LogP contribution in [0.25, 0.3) is 0 Å². The molecule has 20 heavy (non-hydrogen) atoms. The molecule has 0 aliphatic heterocycles. The molecule has 0 spiro atoms. The van der Waals surface area contributed by atoms with Gasteiger partial charge in [0.1, 0.15) is 0 Å². The Hall–Kier alpha value is -0.430. The van der Waals surface area contributed by atoms with E-state index in [4.69, 9.17) is 0 Å². The molecule has 0 saturated carbocycles. The third-order valence-corrected chi connectivity index (χ3v) is 5.24. The Morgan fingerprint density at radius 2 is 1.95 bits per heavy atom. The lowest BCUT2D eigenvalue weighted by Gasteiger charge is -2.19. The number of hydrogen-bond donors (Lipinski definition) is 1. The van der Waals surface area contributed by atoms with Crippen LogP contribution in [0.5, 0.6) is 0 Å². The number of rotatable bonds is 8. The number of aryl methyl sites for hydroxylation is 1. The van der Waals surface area contributed by atoms with E-state index in [2.05, 4.69) is 39.4 Å². The smallest absolute Gasteiger partial charge is 0.240 e. The van der Waals surface area contributed by atoms with Crippen LogP contribution in [0.4, 0.5) is 0 Å². The summed E-state index contributed by atoms with van der Waals surface area (Å²) in [7, 11) is -3.44. The number of nitrogens with one attached hydrogen (secondary N) is 1. The van der Waals surface area contributed by atoms with Gasteiger partial charge in [0.25, 0.3) is 0 Å². The molecule has 0 bridgehead atoms. The molecule has 114 valence electrons. The lowest BCUT2D eigenvalue weighted by atomic mass is 10.2. The second kappa shape index (κ2) is 8.12. The van der Waals surface area contributed by atoms with E-state index in [-0.39, 0.29) is 0 Å². The zero-order valence-corrected chi connectivity index (χ0v) is 14.7. The molecular weight excluding hydrogens is 340 g/mol. The van der Waals surface area contributed by atoms with Gasteiger partial charge in [0, 0.05) is 17.6 Å². The van der Waals surface area contributed by atoms with E-state index in [0.717, 1.165) is 36.1 Å². The van der Waals surface area contributed by atoms with Crippen molar-refractivity contribution in [2.24, 2.45) is 0 Å². The molecule has 1 rings (SSSR count). The molecule has 0 atom stereocenters. The van der Waals surface area contributed by atoms with Crippen LogP contribution >= 0.6 is 15.9 Å². The van der Waals surface area contributed by atoms with Gasteiger partial charge in [0.05, 0.1) is 4.90 Å². The maximum Gasteiger partial charge on any atom is 0.240 e. The standard InChI is InChI=1S/C14H23BrN2O2S/c1-4-9-17(5-2)10-8-16-20(18,19)14-11-13(15)7-6-12(14)3/h6-7,11,16H,4-5,8-10H2,1-3H3. The Morgan fingerprint density at radius 3 is 2.55 bits per heavy atom. The monoisotopic (exact) mass is 362 g/mol. The molecule has 0 aliphatic carbocycles. The molecule has 0 fully saturated rings. The Morgan fingerprint density at radius 1 is 1.25 bits per heavy atom. The molecule has 6 heteroatoms. The number of sulfonamides is 1. The zero-order valence-electron chi connectivity index (χ0n) is 12.3. The highest BCUT2D eigenvalue weighted by Gasteiger charge is 2.16. The fourth-order valence-corrected chi connectivity index (χ4v) is 3.83. The molecule has 0 aromatic heterocycles. The van der Waals surface area contributed by atoms with Crippen molar-refractivity contribution in [2.75, 3.05) is 26.2 Å². The maximum absolute atomic E-state index is 12.3. The second-order valence-corrected chi connectivity index (χ2v) is 7.39. The summed E-state index contributed by atoms with van der Waals surface area (Å²) < 4.78 is 28.0. The summed E-state index contributed by atoms with van der Waals surface area (Å²) in [5, 5.41) is 0. The molecule has 0 heterocycles. The average Bonchev–Trinajstić information content (AvgIpc) is 2.40. The zero-order chi connectivity index (χ0) is 15.2. The van der Waals surface area contributed by atoms with Gasteiger partial charge in [-0.2, -0.15) is 0 Å². The molecule has 1 N–H and O–H groups in total. The normalized spacial score (nSPS) is 12.1. The first-order valence-electron chi connectivity index (χ1n) is 6.89. The fraction of sp³-hybridized carbons (Fsp3) is 0.571. The molecule has 0 unspecified atom stereocenters. The van der Waals surface area contributed by atoms with Crippen LogP contribution < -0.4 is 4.72 Å². The van der Waals surface area contributed by atoms with Crippen LogP contribution in [0, 0.1) is 6.92 Å². The van der Waals surface area contributed by atoms with Crippen LogP contribution in [0.1, 0.15) is 25.8 Å². The highest BCUT2D eigenvalue weighted by molar-refractivity contribution is 9.10. The van der Waals surface area contributed by atoms with Gasteiger partial charge in [0.2, 0.25) is 10.0 Å². The summed E-state index contributed by atoms with van der Waals surface area (Å²) in [6.07, 6.45) is 1.07. The SMILES string of the molecule is CCCN(CC)CCNS(=O)(=O)c1cc(Br)ccc1C. The lowest BCUT2D eigenvalue weighted by molar-refractivity contribution is 0.293. The summed E-state index contributed by atoms with van der Waals surface area (Å²) in [4.78, 5) is 2.57. The predicted octanol–water partition coefficient (Wildman–Crippen LogP) is 2.77. The topological polar surface area (TPSA) is 49.4 Å². The van der Waals surface area contributed by atoms with Crippen molar-refractivity contribution in [2.45, 2.75) is 32.1 Å². The van der Waals surface area contributed by atoms with E-state index in [9.17, 15) is 8.42 Å². The second-order valence-electron chi connectivity index (χ2n) is 4.74. The first-order chi connectivity index (χ1) is 9.40. The van der Waals surface area contributed by atoms with E-state index >= 15 is 0 Å². The van der Waals surface area contributed by atoms with Crippen molar-refractivity contribution in [3.05, 3.63) is 28.2 Å². The van der Waals surface area contributed by atoms with Crippen molar-refractivity contribution < 1.29 is 8.42 Å².